The summed E-state index contributed by atoms with van der Waals surface area (Å²) in [5.41, 5.74) is 0.721. The van der Waals surface area contributed by atoms with E-state index in [0.717, 1.165) is 11.3 Å². The number of benzene rings is 2. The first-order valence-electron chi connectivity index (χ1n) is 7.89. The van der Waals surface area contributed by atoms with Crippen molar-refractivity contribution in [3.63, 3.8) is 0 Å². The minimum atomic E-state index is -0.415. The summed E-state index contributed by atoms with van der Waals surface area (Å²) in [7, 11) is 0. The van der Waals surface area contributed by atoms with Gasteiger partial charge in [0.05, 0.1) is 6.61 Å². The van der Waals surface area contributed by atoms with Gasteiger partial charge in [0.1, 0.15) is 11.5 Å². The van der Waals surface area contributed by atoms with Gasteiger partial charge < -0.3 is 13.9 Å². The van der Waals surface area contributed by atoms with Gasteiger partial charge in [-0.1, -0.05) is 16.7 Å². The van der Waals surface area contributed by atoms with E-state index in [4.69, 9.17) is 25.5 Å². The van der Waals surface area contributed by atoms with E-state index in [9.17, 15) is 4.79 Å². The molecule has 1 aromatic heterocycles. The van der Waals surface area contributed by atoms with Crippen LogP contribution in [0.2, 0.25) is 5.02 Å². The topological polar surface area (TPSA) is 86.5 Å². The molecular formula is C18H16ClN3O4. The smallest absolute Gasteiger partial charge is 0.322 e. The fourth-order valence-electron chi connectivity index (χ4n) is 2.09. The van der Waals surface area contributed by atoms with E-state index in [0.29, 0.717) is 23.3 Å². The summed E-state index contributed by atoms with van der Waals surface area (Å²) < 4.78 is 16.2. The molecule has 134 valence electrons. The van der Waals surface area contributed by atoms with Crippen LogP contribution >= 0.6 is 11.6 Å². The molecule has 0 saturated heterocycles. The Balaban J connectivity index is 1.55. The summed E-state index contributed by atoms with van der Waals surface area (Å²) in [6.07, 6.45) is 0. The molecule has 0 radical (unpaired) electrons. The molecule has 0 aliphatic heterocycles. The molecule has 2 aromatic carbocycles. The zero-order valence-corrected chi connectivity index (χ0v) is 14.7. The van der Waals surface area contributed by atoms with Crippen molar-refractivity contribution in [2.75, 3.05) is 18.5 Å². The van der Waals surface area contributed by atoms with Crippen LogP contribution in [-0.2, 0) is 4.79 Å². The van der Waals surface area contributed by atoms with Gasteiger partial charge in [0.15, 0.2) is 6.61 Å². The Morgan fingerprint density at radius 3 is 2.38 bits per heavy atom. The maximum atomic E-state index is 11.9. The Morgan fingerprint density at radius 1 is 1.04 bits per heavy atom. The van der Waals surface area contributed by atoms with Gasteiger partial charge in [-0.2, -0.15) is 0 Å². The minimum absolute atomic E-state index is 0.00130. The van der Waals surface area contributed by atoms with Gasteiger partial charge in [-0.15, -0.1) is 5.10 Å². The lowest BCUT2D eigenvalue weighted by atomic mass is 10.2. The normalized spacial score (nSPS) is 10.4. The SMILES string of the molecule is CCOc1ccc(-c2nnc(NC(=O)COc3ccc(Cl)cc3)o2)cc1. The van der Waals surface area contributed by atoms with Crippen LogP contribution in [0.1, 0.15) is 6.92 Å². The van der Waals surface area contributed by atoms with Crippen LogP contribution in [0, 0.1) is 0 Å². The van der Waals surface area contributed by atoms with Gasteiger partial charge >= 0.3 is 6.01 Å². The van der Waals surface area contributed by atoms with E-state index in [2.05, 4.69) is 15.5 Å². The summed E-state index contributed by atoms with van der Waals surface area (Å²) in [5.74, 6) is 1.16. The van der Waals surface area contributed by atoms with Gasteiger partial charge in [0.2, 0.25) is 5.89 Å². The highest BCUT2D eigenvalue weighted by molar-refractivity contribution is 6.30. The van der Waals surface area contributed by atoms with Gasteiger partial charge in [-0.25, -0.2) is 0 Å². The van der Waals surface area contributed by atoms with Crippen LogP contribution in [0.25, 0.3) is 11.5 Å². The number of hydrogen-bond donors (Lipinski definition) is 1. The highest BCUT2D eigenvalue weighted by Gasteiger charge is 2.12. The monoisotopic (exact) mass is 373 g/mol. The molecule has 26 heavy (non-hydrogen) atoms. The number of nitrogens with zero attached hydrogens (tertiary/aromatic N) is 2. The van der Waals surface area contributed by atoms with Gasteiger partial charge in [0, 0.05) is 10.6 Å². The van der Waals surface area contributed by atoms with Gasteiger partial charge in [-0.3, -0.25) is 10.1 Å². The number of halogens is 1. The van der Waals surface area contributed by atoms with Crippen molar-refractivity contribution in [1.82, 2.24) is 10.2 Å². The van der Waals surface area contributed by atoms with Crippen LogP contribution in [-0.4, -0.2) is 29.3 Å². The average Bonchev–Trinajstić information content (AvgIpc) is 3.10. The van der Waals surface area contributed by atoms with Crippen molar-refractivity contribution in [2.45, 2.75) is 6.92 Å². The van der Waals surface area contributed by atoms with Crippen LogP contribution in [0.4, 0.5) is 6.01 Å². The Morgan fingerprint density at radius 2 is 1.69 bits per heavy atom. The molecular weight excluding hydrogens is 358 g/mol. The average molecular weight is 374 g/mol. The summed E-state index contributed by atoms with van der Waals surface area (Å²) in [5, 5.41) is 10.8. The molecule has 0 spiro atoms. The number of anilines is 1. The number of carbonyl (C=O) groups is 1. The highest BCUT2D eigenvalue weighted by Crippen LogP contribution is 2.22. The number of ether oxygens (including phenoxy) is 2. The molecule has 1 heterocycles. The summed E-state index contributed by atoms with van der Waals surface area (Å²) in [4.78, 5) is 11.9. The third-order valence-corrected chi connectivity index (χ3v) is 3.52. The molecule has 0 bridgehead atoms. The third-order valence-electron chi connectivity index (χ3n) is 3.27. The molecule has 1 N–H and O–H groups in total. The fourth-order valence-corrected chi connectivity index (χ4v) is 2.21. The minimum Gasteiger partial charge on any atom is -0.494 e. The van der Waals surface area contributed by atoms with Crippen molar-refractivity contribution in [3.8, 4) is 23.0 Å². The zero-order chi connectivity index (χ0) is 18.4. The number of carbonyl (C=O) groups excluding carboxylic acids is 1. The van der Waals surface area contributed by atoms with Gasteiger partial charge in [0.25, 0.3) is 5.91 Å². The molecule has 7 nitrogen and oxygen atoms in total. The lowest BCUT2D eigenvalue weighted by Gasteiger charge is -2.05. The van der Waals surface area contributed by atoms with Crippen molar-refractivity contribution in [3.05, 3.63) is 53.6 Å². The van der Waals surface area contributed by atoms with Crippen molar-refractivity contribution in [1.29, 1.82) is 0 Å². The second-order valence-electron chi connectivity index (χ2n) is 5.16. The quantitative estimate of drug-likeness (QED) is 0.677. The molecule has 0 unspecified atom stereocenters. The maximum absolute atomic E-state index is 11.9. The van der Waals surface area contributed by atoms with Crippen molar-refractivity contribution in [2.24, 2.45) is 0 Å². The Kier molecular flexibility index (Phi) is 5.70. The second-order valence-corrected chi connectivity index (χ2v) is 5.60. The predicted molar refractivity (Wildman–Crippen MR) is 96.5 cm³/mol. The Labute approximate surface area is 154 Å². The lowest BCUT2D eigenvalue weighted by molar-refractivity contribution is -0.118. The van der Waals surface area contributed by atoms with Crippen LogP contribution in [0.3, 0.4) is 0 Å². The molecule has 3 rings (SSSR count). The fraction of sp³-hybridized carbons (Fsp3) is 0.167. The zero-order valence-electron chi connectivity index (χ0n) is 13.9. The summed E-state index contributed by atoms with van der Waals surface area (Å²) in [6.45, 7) is 2.31. The molecule has 3 aromatic rings. The van der Waals surface area contributed by atoms with E-state index >= 15 is 0 Å². The molecule has 0 atom stereocenters. The van der Waals surface area contributed by atoms with E-state index in [1.807, 2.05) is 6.92 Å². The highest BCUT2D eigenvalue weighted by atomic mass is 35.5. The number of rotatable bonds is 7. The molecule has 1 amide bonds. The number of nitrogens with one attached hydrogen (secondary N) is 1. The van der Waals surface area contributed by atoms with Crippen LogP contribution in [0.15, 0.2) is 52.9 Å². The standard InChI is InChI=1S/C18H16ClN3O4/c1-2-24-14-7-3-12(4-8-14)17-21-22-18(26-17)20-16(23)11-25-15-9-5-13(19)6-10-15/h3-10H,2,11H2,1H3,(H,20,22,23). The largest absolute Gasteiger partial charge is 0.494 e. The maximum Gasteiger partial charge on any atom is 0.322 e. The lowest BCUT2D eigenvalue weighted by Crippen LogP contribution is -2.20. The van der Waals surface area contributed by atoms with E-state index < -0.39 is 5.91 Å². The Bertz CT molecular complexity index is 863. The molecule has 0 aliphatic carbocycles. The molecule has 0 aliphatic rings. The van der Waals surface area contributed by atoms with Crippen molar-refractivity contribution >= 4 is 23.5 Å². The van der Waals surface area contributed by atoms with Crippen molar-refractivity contribution < 1.29 is 18.7 Å². The van der Waals surface area contributed by atoms with Gasteiger partial charge in [-0.05, 0) is 55.5 Å². The van der Waals surface area contributed by atoms with E-state index in [-0.39, 0.29) is 12.6 Å². The summed E-state index contributed by atoms with van der Waals surface area (Å²) in [6, 6.07) is 13.9. The third kappa shape index (κ3) is 4.73. The molecule has 0 saturated carbocycles. The van der Waals surface area contributed by atoms with E-state index in [1.54, 1.807) is 48.5 Å². The first-order valence-corrected chi connectivity index (χ1v) is 8.27. The first-order chi connectivity index (χ1) is 12.6. The second kappa shape index (κ2) is 8.35. The number of aromatic nitrogens is 2. The van der Waals surface area contributed by atoms with Crippen LogP contribution in [0.5, 0.6) is 11.5 Å². The van der Waals surface area contributed by atoms with Crippen LogP contribution < -0.4 is 14.8 Å². The first kappa shape index (κ1) is 17.8. The molecule has 0 fully saturated rings. The summed E-state index contributed by atoms with van der Waals surface area (Å²) >= 11 is 5.79. The Hall–Kier alpha value is -3.06. The predicted octanol–water partition coefficient (Wildman–Crippen LogP) is 3.81. The van der Waals surface area contributed by atoms with E-state index in [1.165, 1.54) is 0 Å². The number of amides is 1. The number of hydrogen-bond acceptors (Lipinski definition) is 6. The molecule has 8 heteroatoms.